The summed E-state index contributed by atoms with van der Waals surface area (Å²) in [5.41, 5.74) is 0.649. The smallest absolute Gasteiger partial charge is 0.298 e. The van der Waals surface area contributed by atoms with Crippen molar-refractivity contribution in [2.75, 3.05) is 11.4 Å². The van der Waals surface area contributed by atoms with Gasteiger partial charge in [0.25, 0.3) is 0 Å². The first-order chi connectivity index (χ1) is 7.11. The zero-order valence-corrected chi connectivity index (χ0v) is 9.33. The molecule has 0 aliphatic heterocycles. The van der Waals surface area contributed by atoms with Crippen molar-refractivity contribution >= 4 is 39.5 Å². The highest BCUT2D eigenvalue weighted by Crippen LogP contribution is 2.15. The summed E-state index contributed by atoms with van der Waals surface area (Å²) in [6.07, 6.45) is 0.0783. The summed E-state index contributed by atoms with van der Waals surface area (Å²) in [4.78, 5) is 23.0. The van der Waals surface area contributed by atoms with Crippen LogP contribution in [0.25, 0.3) is 0 Å². The summed E-state index contributed by atoms with van der Waals surface area (Å²) >= 11 is 10.6. The Labute approximate surface area is 97.6 Å². The van der Waals surface area contributed by atoms with Crippen molar-refractivity contribution in [2.45, 2.75) is 6.42 Å². The van der Waals surface area contributed by atoms with Gasteiger partial charge in [-0.25, -0.2) is 0 Å². The van der Waals surface area contributed by atoms with E-state index < -0.39 is 10.6 Å². The molecule has 80 valence electrons. The molecule has 0 aliphatic rings. The monoisotopic (exact) mass is 245 g/mol. The van der Waals surface area contributed by atoms with Gasteiger partial charge in [-0.15, -0.1) is 0 Å². The van der Waals surface area contributed by atoms with Gasteiger partial charge in [0, 0.05) is 18.7 Å². The maximum atomic E-state index is 11.1. The first-order valence-electron chi connectivity index (χ1n) is 4.31. The average molecular weight is 246 g/mol. The van der Waals surface area contributed by atoms with Gasteiger partial charge in [0.1, 0.15) is 0 Å². The lowest BCUT2D eigenvalue weighted by Gasteiger charge is -2.18. The highest BCUT2D eigenvalue weighted by molar-refractivity contribution is 6.66. The largest absolute Gasteiger partial charge is 0.320 e. The Morgan fingerprint density at radius 3 is 2.20 bits per heavy atom. The Morgan fingerprint density at radius 1 is 1.13 bits per heavy atom. The van der Waals surface area contributed by atoms with Gasteiger partial charge in [0.15, 0.2) is 0 Å². The number of hydrogen-bond acceptors (Lipinski definition) is 2. The summed E-state index contributed by atoms with van der Waals surface area (Å²) < 4.78 is 0. The van der Waals surface area contributed by atoms with E-state index in [1.807, 2.05) is 6.07 Å². The van der Waals surface area contributed by atoms with Crippen molar-refractivity contribution in [1.29, 1.82) is 0 Å². The molecule has 5 heteroatoms. The van der Waals surface area contributed by atoms with Crippen LogP contribution in [0, 0.1) is 0 Å². The maximum absolute atomic E-state index is 11.1. The van der Waals surface area contributed by atoms with E-state index in [2.05, 4.69) is 0 Å². The molecule has 0 atom stereocenters. The normalized spacial score (nSPS) is 9.73. The minimum atomic E-state index is -0.626. The molecule has 1 aromatic rings. The maximum Gasteiger partial charge on any atom is 0.320 e. The quantitative estimate of drug-likeness (QED) is 0.604. The zero-order valence-electron chi connectivity index (χ0n) is 7.82. The van der Waals surface area contributed by atoms with Crippen LogP contribution in [-0.2, 0) is 4.79 Å². The predicted octanol–water partition coefficient (Wildman–Crippen LogP) is 3.01. The van der Waals surface area contributed by atoms with Gasteiger partial charge >= 0.3 is 5.37 Å². The molecule has 0 bridgehead atoms. The molecule has 0 unspecified atom stereocenters. The number of amides is 1. The fraction of sp³-hybridized carbons (Fsp3) is 0.200. The number of nitrogens with zero attached hydrogens (tertiary/aromatic N) is 1. The second-order valence-corrected chi connectivity index (χ2v) is 3.59. The Hall–Kier alpha value is -1.06. The number of para-hydroxylation sites is 1. The van der Waals surface area contributed by atoms with Crippen molar-refractivity contribution in [3.05, 3.63) is 30.3 Å². The minimum Gasteiger partial charge on any atom is -0.298 e. The highest BCUT2D eigenvalue weighted by Gasteiger charge is 2.13. The van der Waals surface area contributed by atoms with E-state index in [9.17, 15) is 9.59 Å². The zero-order chi connectivity index (χ0) is 11.3. The first-order valence-corrected chi connectivity index (χ1v) is 5.07. The fourth-order valence-corrected chi connectivity index (χ4v) is 1.39. The Kier molecular flexibility index (Phi) is 4.59. The molecule has 1 amide bonds. The number of rotatable bonds is 4. The van der Waals surface area contributed by atoms with Crippen LogP contribution < -0.4 is 4.90 Å². The van der Waals surface area contributed by atoms with Crippen LogP contribution in [0.4, 0.5) is 10.5 Å². The lowest BCUT2D eigenvalue weighted by molar-refractivity contribution is -0.111. The van der Waals surface area contributed by atoms with Gasteiger partial charge < -0.3 is 0 Å². The Bertz CT molecular complexity index is 354. The molecular weight excluding hydrogens is 237 g/mol. The number of benzene rings is 1. The van der Waals surface area contributed by atoms with Gasteiger partial charge in [0.2, 0.25) is 5.24 Å². The molecule has 0 spiro atoms. The van der Waals surface area contributed by atoms with Crippen LogP contribution in [0.2, 0.25) is 0 Å². The molecule has 0 heterocycles. The molecule has 0 radical (unpaired) electrons. The third-order valence-corrected chi connectivity index (χ3v) is 2.21. The standard InChI is InChI=1S/C10H9Cl2NO2/c11-9(14)6-7-13(10(12)15)8-4-2-1-3-5-8/h1-5H,6-7H2. The van der Waals surface area contributed by atoms with E-state index in [1.165, 1.54) is 4.90 Å². The van der Waals surface area contributed by atoms with Gasteiger partial charge in [-0.2, -0.15) is 0 Å². The third-order valence-electron chi connectivity index (χ3n) is 1.81. The summed E-state index contributed by atoms with van der Waals surface area (Å²) in [7, 11) is 0. The number of hydrogen-bond donors (Lipinski definition) is 0. The predicted molar refractivity (Wildman–Crippen MR) is 60.5 cm³/mol. The molecule has 3 nitrogen and oxygen atoms in total. The second kappa shape index (κ2) is 5.73. The van der Waals surface area contributed by atoms with Crippen LogP contribution >= 0.6 is 23.2 Å². The van der Waals surface area contributed by atoms with E-state index in [1.54, 1.807) is 24.3 Å². The van der Waals surface area contributed by atoms with Crippen molar-refractivity contribution < 1.29 is 9.59 Å². The Morgan fingerprint density at radius 2 is 1.73 bits per heavy atom. The average Bonchev–Trinajstić information content (AvgIpc) is 2.18. The summed E-state index contributed by atoms with van der Waals surface area (Å²) in [6, 6.07) is 8.86. The van der Waals surface area contributed by atoms with Crippen LogP contribution in [-0.4, -0.2) is 17.2 Å². The van der Waals surface area contributed by atoms with Crippen molar-refractivity contribution in [3.8, 4) is 0 Å². The topological polar surface area (TPSA) is 37.4 Å². The van der Waals surface area contributed by atoms with Crippen LogP contribution in [0.3, 0.4) is 0 Å². The summed E-state index contributed by atoms with van der Waals surface area (Å²) in [6.45, 7) is 0.189. The van der Waals surface area contributed by atoms with E-state index in [-0.39, 0.29) is 13.0 Å². The molecular formula is C10H9Cl2NO2. The summed E-state index contributed by atoms with van der Waals surface area (Å²) in [5, 5.41) is -1.12. The lowest BCUT2D eigenvalue weighted by atomic mass is 10.3. The molecule has 0 aliphatic carbocycles. The molecule has 1 rings (SSSR count). The molecule has 0 N–H and O–H groups in total. The second-order valence-electron chi connectivity index (χ2n) is 2.85. The number of carbonyl (C=O) groups is 2. The first kappa shape index (κ1) is 12.0. The molecule has 0 fully saturated rings. The number of anilines is 1. The van der Waals surface area contributed by atoms with Crippen molar-refractivity contribution in [3.63, 3.8) is 0 Å². The Balaban J connectivity index is 2.75. The van der Waals surface area contributed by atoms with Crippen LogP contribution in [0.1, 0.15) is 6.42 Å². The van der Waals surface area contributed by atoms with Gasteiger partial charge in [0.05, 0.1) is 0 Å². The van der Waals surface area contributed by atoms with Crippen LogP contribution in [0.5, 0.6) is 0 Å². The van der Waals surface area contributed by atoms with Gasteiger partial charge in [-0.3, -0.25) is 14.5 Å². The molecule has 0 saturated heterocycles. The lowest BCUT2D eigenvalue weighted by Crippen LogP contribution is -2.27. The summed E-state index contributed by atoms with van der Waals surface area (Å²) in [5.74, 6) is 0. The molecule has 1 aromatic carbocycles. The number of halogens is 2. The minimum absolute atomic E-state index is 0.0783. The van der Waals surface area contributed by atoms with Crippen molar-refractivity contribution in [1.82, 2.24) is 0 Å². The highest BCUT2D eigenvalue weighted by atomic mass is 35.5. The third kappa shape index (κ3) is 3.90. The molecule has 15 heavy (non-hydrogen) atoms. The van der Waals surface area contributed by atoms with E-state index in [0.29, 0.717) is 5.69 Å². The SMILES string of the molecule is O=C(Cl)CCN(C(=O)Cl)c1ccccc1. The van der Waals surface area contributed by atoms with Crippen LogP contribution in [0.15, 0.2) is 30.3 Å². The van der Waals surface area contributed by atoms with E-state index in [4.69, 9.17) is 23.2 Å². The van der Waals surface area contributed by atoms with E-state index in [0.717, 1.165) is 0 Å². The molecule has 0 saturated carbocycles. The molecule has 0 aromatic heterocycles. The van der Waals surface area contributed by atoms with Gasteiger partial charge in [-0.05, 0) is 35.3 Å². The van der Waals surface area contributed by atoms with E-state index >= 15 is 0 Å². The fourth-order valence-electron chi connectivity index (χ4n) is 1.13. The van der Waals surface area contributed by atoms with Crippen molar-refractivity contribution in [2.24, 2.45) is 0 Å². The van der Waals surface area contributed by atoms with Gasteiger partial charge in [-0.1, -0.05) is 18.2 Å². The number of carbonyl (C=O) groups excluding carboxylic acids is 2.